The predicted molar refractivity (Wildman–Crippen MR) is 112 cm³/mol. The van der Waals surface area contributed by atoms with Gasteiger partial charge in [0.25, 0.3) is 0 Å². The number of hydrogen-bond donors (Lipinski definition) is 2. The second-order valence-electron chi connectivity index (χ2n) is 8.49. The molecule has 3 atom stereocenters. The summed E-state index contributed by atoms with van der Waals surface area (Å²) in [5, 5.41) is 13.7. The van der Waals surface area contributed by atoms with E-state index in [1.165, 1.54) is 0 Å². The van der Waals surface area contributed by atoms with Crippen LogP contribution in [0.15, 0.2) is 24.3 Å². The van der Waals surface area contributed by atoms with Gasteiger partial charge in [-0.25, -0.2) is 4.98 Å². The smallest absolute Gasteiger partial charge is 0.389 e. The molecule has 32 heavy (non-hydrogen) atoms. The lowest BCUT2D eigenvalue weighted by Crippen LogP contribution is -2.58. The molecule has 0 radical (unpaired) electrons. The van der Waals surface area contributed by atoms with E-state index < -0.39 is 18.1 Å². The van der Waals surface area contributed by atoms with Crippen molar-refractivity contribution in [3.63, 3.8) is 0 Å². The van der Waals surface area contributed by atoms with Crippen LogP contribution in [0.1, 0.15) is 37.9 Å². The molecule has 1 aliphatic heterocycles. The van der Waals surface area contributed by atoms with Gasteiger partial charge < -0.3 is 19.7 Å². The van der Waals surface area contributed by atoms with Gasteiger partial charge in [0, 0.05) is 32.1 Å². The number of carbonyl (C=O) groups excluding carboxylic acids is 1. The maximum atomic E-state index is 13.4. The Morgan fingerprint density at radius 1 is 1.22 bits per heavy atom. The number of fused-ring (bicyclic) bond motifs is 1. The third kappa shape index (κ3) is 5.07. The number of aliphatic hydroxyl groups excluding tert-OH is 1. The summed E-state index contributed by atoms with van der Waals surface area (Å²) in [6.45, 7) is 2.85. The molecule has 1 aromatic heterocycles. The Bertz CT molecular complexity index is 927. The van der Waals surface area contributed by atoms with Crippen LogP contribution in [0.25, 0.3) is 11.0 Å². The number of amides is 1. The van der Waals surface area contributed by atoms with Crippen molar-refractivity contribution in [1.29, 1.82) is 0 Å². The molecule has 0 spiro atoms. The zero-order chi connectivity index (χ0) is 22.7. The number of alkyl halides is 3. The normalized spacial score (nSPS) is 25.2. The van der Waals surface area contributed by atoms with Crippen LogP contribution in [-0.4, -0.2) is 70.0 Å². The lowest BCUT2D eigenvalue weighted by atomic mass is 9.86. The second kappa shape index (κ2) is 9.76. The van der Waals surface area contributed by atoms with Crippen LogP contribution in [0, 0.1) is 0 Å². The van der Waals surface area contributed by atoms with E-state index in [-0.39, 0.29) is 42.9 Å². The van der Waals surface area contributed by atoms with Crippen molar-refractivity contribution in [3.8, 4) is 0 Å². The second-order valence-corrected chi connectivity index (χ2v) is 8.49. The Balaban J connectivity index is 1.34. The zero-order valence-corrected chi connectivity index (χ0v) is 17.9. The minimum Gasteiger partial charge on any atom is -0.389 e. The minimum atomic E-state index is -4.57. The lowest BCUT2D eigenvalue weighted by Gasteiger charge is -2.43. The fourth-order valence-electron chi connectivity index (χ4n) is 4.82. The van der Waals surface area contributed by atoms with E-state index in [2.05, 4.69) is 15.2 Å². The molecule has 0 bridgehead atoms. The number of ether oxygens (including phenoxy) is 1. The van der Waals surface area contributed by atoms with Crippen LogP contribution < -0.4 is 5.32 Å². The molecule has 2 N–H and O–H groups in total. The quantitative estimate of drug-likeness (QED) is 0.702. The Morgan fingerprint density at radius 3 is 2.72 bits per heavy atom. The number of morpholine rings is 1. The molecule has 1 aromatic carbocycles. The minimum absolute atomic E-state index is 0.00962. The van der Waals surface area contributed by atoms with E-state index in [1.54, 1.807) is 24.3 Å². The first-order chi connectivity index (χ1) is 15.3. The van der Waals surface area contributed by atoms with Crippen molar-refractivity contribution in [1.82, 2.24) is 19.8 Å². The summed E-state index contributed by atoms with van der Waals surface area (Å²) in [6, 6.07) is 6.11. The van der Waals surface area contributed by atoms with Crippen LogP contribution in [-0.2, 0) is 22.3 Å². The Kier molecular flexibility index (Phi) is 7.02. The van der Waals surface area contributed by atoms with E-state index in [4.69, 9.17) is 4.74 Å². The summed E-state index contributed by atoms with van der Waals surface area (Å²) in [5.74, 6) is -1.20. The molecule has 1 aliphatic carbocycles. The van der Waals surface area contributed by atoms with Gasteiger partial charge in [-0.3, -0.25) is 9.69 Å². The van der Waals surface area contributed by atoms with Gasteiger partial charge in [-0.05, 0) is 37.8 Å². The number of hydrogen-bond acceptors (Lipinski definition) is 5. The topological polar surface area (TPSA) is 79.6 Å². The first-order valence-corrected chi connectivity index (χ1v) is 11.2. The molecule has 0 unspecified atom stereocenters. The van der Waals surface area contributed by atoms with Gasteiger partial charge in [0.2, 0.25) is 11.7 Å². The standard InChI is InChI=1S/C22H29F3N4O3/c23-22(24,25)21-27-15-5-1-2-7-17(15)29(21)10-4-9-19(30)26-16-6-3-8-18(20(16)31)28-11-13-32-14-12-28/h1-2,5,7,16,18,20,31H,3-4,6,8-14H2,(H,26,30)/t16-,18-,20-/m1/s1. The molecule has 1 saturated carbocycles. The number of rotatable bonds is 6. The van der Waals surface area contributed by atoms with Crippen LogP contribution in [0.2, 0.25) is 0 Å². The number of nitrogens with zero attached hydrogens (tertiary/aromatic N) is 3. The third-order valence-corrected chi connectivity index (χ3v) is 6.38. The van der Waals surface area contributed by atoms with Crippen molar-refractivity contribution < 1.29 is 27.8 Å². The first kappa shape index (κ1) is 23.0. The highest BCUT2D eigenvalue weighted by molar-refractivity contribution is 5.77. The van der Waals surface area contributed by atoms with E-state index in [9.17, 15) is 23.1 Å². The van der Waals surface area contributed by atoms with Gasteiger partial charge in [0.1, 0.15) is 0 Å². The molecule has 7 nitrogen and oxygen atoms in total. The fourth-order valence-corrected chi connectivity index (χ4v) is 4.82. The number of para-hydroxylation sites is 2. The Hall–Kier alpha value is -2.17. The summed E-state index contributed by atoms with van der Waals surface area (Å²) in [6.07, 6.45) is -2.44. The molecule has 1 amide bonds. The predicted octanol–water partition coefficient (Wildman–Crippen LogP) is 2.57. The molecule has 2 heterocycles. The van der Waals surface area contributed by atoms with Gasteiger partial charge in [-0.2, -0.15) is 13.2 Å². The van der Waals surface area contributed by atoms with E-state index >= 15 is 0 Å². The average Bonchev–Trinajstić information content (AvgIpc) is 3.15. The van der Waals surface area contributed by atoms with Crippen LogP contribution in [0.3, 0.4) is 0 Å². The lowest BCUT2D eigenvalue weighted by molar-refractivity contribution is -0.146. The summed E-state index contributed by atoms with van der Waals surface area (Å²) < 4.78 is 46.7. The number of halogens is 3. The molecule has 2 aliphatic rings. The maximum Gasteiger partial charge on any atom is 0.449 e. The molecule has 4 rings (SSSR count). The van der Waals surface area contributed by atoms with Gasteiger partial charge >= 0.3 is 6.18 Å². The zero-order valence-electron chi connectivity index (χ0n) is 17.9. The highest BCUT2D eigenvalue weighted by atomic mass is 19.4. The Morgan fingerprint density at radius 2 is 1.97 bits per heavy atom. The fraction of sp³-hybridized carbons (Fsp3) is 0.636. The van der Waals surface area contributed by atoms with Crippen molar-refractivity contribution >= 4 is 16.9 Å². The maximum absolute atomic E-state index is 13.4. The molecule has 10 heteroatoms. The molecule has 176 valence electrons. The monoisotopic (exact) mass is 454 g/mol. The van der Waals surface area contributed by atoms with E-state index in [0.717, 1.165) is 30.5 Å². The summed E-state index contributed by atoms with van der Waals surface area (Å²) in [7, 11) is 0. The summed E-state index contributed by atoms with van der Waals surface area (Å²) in [5.41, 5.74) is 0.681. The number of aliphatic hydroxyl groups is 1. The molecular formula is C22H29F3N4O3. The summed E-state index contributed by atoms with van der Waals surface area (Å²) >= 11 is 0. The largest absolute Gasteiger partial charge is 0.449 e. The highest BCUT2D eigenvalue weighted by Crippen LogP contribution is 2.31. The average molecular weight is 454 g/mol. The Labute approximate surface area is 184 Å². The molecule has 1 saturated heterocycles. The highest BCUT2D eigenvalue weighted by Gasteiger charge is 2.38. The van der Waals surface area contributed by atoms with Crippen molar-refractivity contribution in [2.75, 3.05) is 26.3 Å². The number of nitrogens with one attached hydrogen (secondary N) is 1. The number of aryl methyl sites for hydroxylation is 1. The molecule has 2 aromatic rings. The van der Waals surface area contributed by atoms with Gasteiger partial charge in [0.15, 0.2) is 0 Å². The van der Waals surface area contributed by atoms with Crippen LogP contribution in [0.5, 0.6) is 0 Å². The SMILES string of the molecule is O=C(CCCn1c(C(F)(F)F)nc2ccccc21)N[C@@H]1CCC[C@@H](N2CCOCC2)[C@@H]1O. The van der Waals surface area contributed by atoms with Gasteiger partial charge in [-0.15, -0.1) is 0 Å². The summed E-state index contributed by atoms with van der Waals surface area (Å²) in [4.78, 5) is 18.5. The third-order valence-electron chi connectivity index (χ3n) is 6.38. The number of carbonyl (C=O) groups is 1. The number of aromatic nitrogens is 2. The van der Waals surface area contributed by atoms with Crippen molar-refractivity contribution in [3.05, 3.63) is 30.1 Å². The number of imidazole rings is 1. The van der Waals surface area contributed by atoms with Gasteiger partial charge in [-0.1, -0.05) is 12.1 Å². The van der Waals surface area contributed by atoms with Crippen molar-refractivity contribution in [2.45, 2.75) is 63.0 Å². The van der Waals surface area contributed by atoms with Crippen LogP contribution in [0.4, 0.5) is 13.2 Å². The van der Waals surface area contributed by atoms with Crippen LogP contribution >= 0.6 is 0 Å². The molecule has 2 fully saturated rings. The first-order valence-electron chi connectivity index (χ1n) is 11.2. The van der Waals surface area contributed by atoms with Crippen molar-refractivity contribution in [2.24, 2.45) is 0 Å². The number of benzene rings is 1. The van der Waals surface area contributed by atoms with E-state index in [0.29, 0.717) is 25.2 Å². The molecular weight excluding hydrogens is 425 g/mol. The van der Waals surface area contributed by atoms with Gasteiger partial charge in [0.05, 0.1) is 36.4 Å². The van der Waals surface area contributed by atoms with E-state index in [1.807, 2.05) is 0 Å².